The minimum absolute atomic E-state index is 0.115. The zero-order valence-corrected chi connectivity index (χ0v) is 10.1. The van der Waals surface area contributed by atoms with Crippen LogP contribution in [0.4, 0.5) is 18.9 Å². The molecule has 1 aromatic carbocycles. The number of hydrogen-bond acceptors (Lipinski definition) is 2. The Labute approximate surface area is 109 Å². The van der Waals surface area contributed by atoms with E-state index in [2.05, 4.69) is 10.3 Å². The Balaban J connectivity index is 2.00. The third-order valence-electron chi connectivity index (χ3n) is 2.71. The molecule has 0 spiro atoms. The molecule has 0 unspecified atom stereocenters. The van der Waals surface area contributed by atoms with Crippen LogP contribution in [0.1, 0.15) is 11.1 Å². The van der Waals surface area contributed by atoms with E-state index in [1.165, 1.54) is 12.1 Å². The third kappa shape index (κ3) is 3.71. The van der Waals surface area contributed by atoms with Crippen molar-refractivity contribution < 1.29 is 13.2 Å². The van der Waals surface area contributed by atoms with Crippen LogP contribution in [-0.2, 0) is 12.6 Å². The Morgan fingerprint density at radius 3 is 2.37 bits per heavy atom. The number of para-hydroxylation sites is 1. The molecule has 0 saturated heterocycles. The van der Waals surface area contributed by atoms with Gasteiger partial charge in [0.1, 0.15) is 0 Å². The van der Waals surface area contributed by atoms with Crippen molar-refractivity contribution in [3.8, 4) is 0 Å². The van der Waals surface area contributed by atoms with Gasteiger partial charge in [-0.15, -0.1) is 0 Å². The summed E-state index contributed by atoms with van der Waals surface area (Å²) in [7, 11) is 0. The van der Waals surface area contributed by atoms with Gasteiger partial charge in [0.25, 0.3) is 0 Å². The Kier molecular flexibility index (Phi) is 4.04. The summed E-state index contributed by atoms with van der Waals surface area (Å²) in [6.45, 7) is 0.442. The fraction of sp³-hybridized carbons (Fsp3) is 0.214. The maximum atomic E-state index is 12.8. The highest BCUT2D eigenvalue weighted by atomic mass is 19.4. The summed E-state index contributed by atoms with van der Waals surface area (Å²) >= 11 is 0. The van der Waals surface area contributed by atoms with Crippen LogP contribution in [0, 0.1) is 0 Å². The molecule has 2 nitrogen and oxygen atoms in total. The van der Waals surface area contributed by atoms with Gasteiger partial charge in [-0.05, 0) is 36.2 Å². The highest BCUT2D eigenvalue weighted by Gasteiger charge is 2.32. The first-order valence-electron chi connectivity index (χ1n) is 5.86. The monoisotopic (exact) mass is 266 g/mol. The molecular formula is C14H13F3N2. The van der Waals surface area contributed by atoms with E-state index < -0.39 is 11.7 Å². The van der Waals surface area contributed by atoms with E-state index in [4.69, 9.17) is 0 Å². The lowest BCUT2D eigenvalue weighted by Crippen LogP contribution is -2.12. The summed E-state index contributed by atoms with van der Waals surface area (Å²) < 4.78 is 38.3. The molecule has 0 fully saturated rings. The topological polar surface area (TPSA) is 24.9 Å². The number of nitrogens with zero attached hydrogens (tertiary/aromatic N) is 1. The van der Waals surface area contributed by atoms with Gasteiger partial charge in [0, 0.05) is 24.6 Å². The van der Waals surface area contributed by atoms with Crippen LogP contribution in [0.25, 0.3) is 0 Å². The van der Waals surface area contributed by atoms with Crippen LogP contribution in [0.3, 0.4) is 0 Å². The van der Waals surface area contributed by atoms with Crippen LogP contribution in [0.5, 0.6) is 0 Å². The smallest absolute Gasteiger partial charge is 0.384 e. The zero-order chi connectivity index (χ0) is 13.7. The van der Waals surface area contributed by atoms with Crippen molar-refractivity contribution >= 4 is 5.69 Å². The van der Waals surface area contributed by atoms with E-state index >= 15 is 0 Å². The van der Waals surface area contributed by atoms with Crippen molar-refractivity contribution in [2.24, 2.45) is 0 Å². The van der Waals surface area contributed by atoms with E-state index in [9.17, 15) is 13.2 Å². The summed E-state index contributed by atoms with van der Waals surface area (Å²) in [4.78, 5) is 3.89. The summed E-state index contributed by atoms with van der Waals surface area (Å²) in [6, 6.07) is 9.18. The molecule has 0 saturated carbocycles. The lowest BCUT2D eigenvalue weighted by atomic mass is 10.1. The number of benzene rings is 1. The van der Waals surface area contributed by atoms with Crippen molar-refractivity contribution in [1.29, 1.82) is 0 Å². The SMILES string of the molecule is FC(F)(F)c1ccccc1NCCc1ccncc1. The Morgan fingerprint density at radius 1 is 1.00 bits per heavy atom. The van der Waals surface area contributed by atoms with Gasteiger partial charge < -0.3 is 5.32 Å². The van der Waals surface area contributed by atoms with Gasteiger partial charge in [-0.25, -0.2) is 0 Å². The average molecular weight is 266 g/mol. The first-order chi connectivity index (χ1) is 9.07. The predicted molar refractivity (Wildman–Crippen MR) is 67.9 cm³/mol. The first kappa shape index (κ1) is 13.4. The van der Waals surface area contributed by atoms with Crippen LogP contribution >= 0.6 is 0 Å². The number of hydrogen-bond donors (Lipinski definition) is 1. The molecule has 0 atom stereocenters. The molecule has 5 heteroatoms. The largest absolute Gasteiger partial charge is 0.418 e. The predicted octanol–water partition coefficient (Wildman–Crippen LogP) is 3.76. The van der Waals surface area contributed by atoms with E-state index in [1.807, 2.05) is 12.1 Å². The highest BCUT2D eigenvalue weighted by Crippen LogP contribution is 2.34. The summed E-state index contributed by atoms with van der Waals surface area (Å²) in [5.41, 5.74) is 0.515. The fourth-order valence-corrected chi connectivity index (χ4v) is 1.78. The van der Waals surface area contributed by atoms with Crippen molar-refractivity contribution in [1.82, 2.24) is 4.98 Å². The fourth-order valence-electron chi connectivity index (χ4n) is 1.78. The molecule has 19 heavy (non-hydrogen) atoms. The zero-order valence-electron chi connectivity index (χ0n) is 10.1. The number of pyridine rings is 1. The molecule has 0 amide bonds. The van der Waals surface area contributed by atoms with E-state index in [0.717, 1.165) is 11.6 Å². The minimum Gasteiger partial charge on any atom is -0.384 e. The average Bonchev–Trinajstić information content (AvgIpc) is 2.39. The van der Waals surface area contributed by atoms with E-state index in [-0.39, 0.29) is 5.69 Å². The number of aromatic nitrogens is 1. The molecule has 0 radical (unpaired) electrons. The van der Waals surface area contributed by atoms with E-state index in [1.54, 1.807) is 18.5 Å². The van der Waals surface area contributed by atoms with Crippen molar-refractivity contribution in [3.05, 3.63) is 59.9 Å². The van der Waals surface area contributed by atoms with Gasteiger partial charge >= 0.3 is 6.18 Å². The molecule has 0 aliphatic carbocycles. The molecule has 0 aliphatic rings. The normalized spacial score (nSPS) is 11.3. The van der Waals surface area contributed by atoms with Crippen LogP contribution in [0.2, 0.25) is 0 Å². The lowest BCUT2D eigenvalue weighted by Gasteiger charge is -2.14. The van der Waals surface area contributed by atoms with Crippen molar-refractivity contribution in [3.63, 3.8) is 0 Å². The number of anilines is 1. The standard InChI is InChI=1S/C14H13F3N2/c15-14(16,17)12-3-1-2-4-13(12)19-10-7-11-5-8-18-9-6-11/h1-6,8-9,19H,7,10H2. The quantitative estimate of drug-likeness (QED) is 0.911. The molecule has 2 rings (SSSR count). The highest BCUT2D eigenvalue weighted by molar-refractivity contribution is 5.52. The first-order valence-corrected chi connectivity index (χ1v) is 5.86. The van der Waals surface area contributed by atoms with Gasteiger partial charge in [0.15, 0.2) is 0 Å². The van der Waals surface area contributed by atoms with Crippen molar-refractivity contribution in [2.45, 2.75) is 12.6 Å². The molecule has 1 aromatic heterocycles. The second-order valence-corrected chi connectivity index (χ2v) is 4.08. The second-order valence-electron chi connectivity index (χ2n) is 4.08. The maximum absolute atomic E-state index is 12.8. The maximum Gasteiger partial charge on any atom is 0.418 e. The number of alkyl halides is 3. The molecule has 1 heterocycles. The van der Waals surface area contributed by atoms with E-state index in [0.29, 0.717) is 13.0 Å². The van der Waals surface area contributed by atoms with Crippen LogP contribution < -0.4 is 5.32 Å². The van der Waals surface area contributed by atoms with Gasteiger partial charge in [-0.1, -0.05) is 12.1 Å². The molecule has 1 N–H and O–H groups in total. The van der Waals surface area contributed by atoms with Gasteiger partial charge in [0.05, 0.1) is 5.56 Å². The van der Waals surface area contributed by atoms with Gasteiger partial charge in [0.2, 0.25) is 0 Å². The molecule has 0 bridgehead atoms. The van der Waals surface area contributed by atoms with Gasteiger partial charge in [-0.2, -0.15) is 13.2 Å². The third-order valence-corrected chi connectivity index (χ3v) is 2.71. The summed E-state index contributed by atoms with van der Waals surface area (Å²) in [5, 5.41) is 2.83. The molecule has 0 aliphatic heterocycles. The Morgan fingerprint density at radius 2 is 1.68 bits per heavy atom. The van der Waals surface area contributed by atoms with Gasteiger partial charge in [-0.3, -0.25) is 4.98 Å². The van der Waals surface area contributed by atoms with Crippen LogP contribution in [0.15, 0.2) is 48.8 Å². The Bertz CT molecular complexity index is 524. The minimum atomic E-state index is -4.33. The number of halogens is 3. The van der Waals surface area contributed by atoms with Crippen LogP contribution in [-0.4, -0.2) is 11.5 Å². The molecule has 2 aromatic rings. The Hall–Kier alpha value is -2.04. The number of nitrogens with one attached hydrogen (secondary N) is 1. The summed E-state index contributed by atoms with van der Waals surface area (Å²) in [6.07, 6.45) is -0.354. The lowest BCUT2D eigenvalue weighted by molar-refractivity contribution is -0.136. The van der Waals surface area contributed by atoms with Crippen molar-refractivity contribution in [2.75, 3.05) is 11.9 Å². The number of rotatable bonds is 4. The molecular weight excluding hydrogens is 253 g/mol. The molecule has 100 valence electrons. The second kappa shape index (κ2) is 5.73. The summed E-state index contributed by atoms with van der Waals surface area (Å²) in [5.74, 6) is 0.